The maximum Gasteiger partial charge on any atom is 0.303 e. The molecule has 0 aromatic heterocycles. The Labute approximate surface area is 195 Å². The molecule has 0 heterocycles. The van der Waals surface area contributed by atoms with E-state index in [0.29, 0.717) is 55.0 Å². The molecule has 192 valence electrons. The van der Waals surface area contributed by atoms with Gasteiger partial charge in [-0.05, 0) is 73.6 Å². The molecular weight excluding hydrogens is 456 g/mol. The second-order valence-corrected chi connectivity index (χ2v) is 7.39. The van der Waals surface area contributed by atoms with Crippen LogP contribution in [0.15, 0.2) is 72.9 Å². The van der Waals surface area contributed by atoms with Crippen LogP contribution in [0, 0.1) is 0 Å². The van der Waals surface area contributed by atoms with Gasteiger partial charge in [0.2, 0.25) is 28.9 Å². The Morgan fingerprint density at radius 1 is 0.529 bits per heavy atom. The fourth-order valence-corrected chi connectivity index (χ4v) is 2.01. The molecule has 0 aromatic carbocycles. The minimum Gasteiger partial charge on any atom is -0.481 e. The standard InChI is InChI=1S/C22H32O12/c1-2-3-7-18(25,26)9-11-20(29,30)13-15-22(33,34)16-14-21(31,32)12-10-19(27,28)8-5-4-6-17(23)24/h3,5,7-16,25-34H,2,4,6H2,1H3,(H,23,24)/b7-3-,8-5-,11-9-,12-10-,15-13-,16-14-. The van der Waals surface area contributed by atoms with Gasteiger partial charge in [-0.25, -0.2) is 0 Å². The molecule has 0 aliphatic heterocycles. The van der Waals surface area contributed by atoms with Gasteiger partial charge in [-0.1, -0.05) is 19.1 Å². The minimum atomic E-state index is -2.95. The van der Waals surface area contributed by atoms with Gasteiger partial charge in [0.1, 0.15) is 0 Å². The predicted molar refractivity (Wildman–Crippen MR) is 118 cm³/mol. The molecule has 0 aliphatic carbocycles. The Hall–Kier alpha value is -2.49. The normalized spacial score (nSPS) is 15.4. The molecule has 0 amide bonds. The van der Waals surface area contributed by atoms with Gasteiger partial charge in [0, 0.05) is 6.42 Å². The molecule has 0 saturated carbocycles. The summed E-state index contributed by atoms with van der Waals surface area (Å²) in [5.74, 6) is -15.0. The van der Waals surface area contributed by atoms with Crippen molar-refractivity contribution in [3.05, 3.63) is 72.9 Å². The van der Waals surface area contributed by atoms with Crippen LogP contribution in [0.1, 0.15) is 26.2 Å². The van der Waals surface area contributed by atoms with Crippen LogP contribution < -0.4 is 0 Å². The van der Waals surface area contributed by atoms with Gasteiger partial charge in [0.25, 0.3) is 0 Å². The highest BCUT2D eigenvalue weighted by Gasteiger charge is 2.25. The highest BCUT2D eigenvalue weighted by molar-refractivity contribution is 5.66. The first-order valence-electron chi connectivity index (χ1n) is 9.93. The topological polar surface area (TPSA) is 240 Å². The summed E-state index contributed by atoms with van der Waals surface area (Å²) in [6.45, 7) is 1.73. The molecule has 0 unspecified atom stereocenters. The molecule has 12 heteroatoms. The summed E-state index contributed by atoms with van der Waals surface area (Å²) in [5.41, 5.74) is 0. The van der Waals surface area contributed by atoms with E-state index >= 15 is 0 Å². The van der Waals surface area contributed by atoms with Crippen molar-refractivity contribution in [3.63, 3.8) is 0 Å². The molecule has 0 radical (unpaired) electrons. The van der Waals surface area contributed by atoms with Crippen molar-refractivity contribution in [1.29, 1.82) is 0 Å². The van der Waals surface area contributed by atoms with Gasteiger partial charge in [0.15, 0.2) is 0 Å². The fourth-order valence-electron chi connectivity index (χ4n) is 2.01. The van der Waals surface area contributed by atoms with E-state index in [9.17, 15) is 55.9 Å². The molecule has 0 aromatic rings. The van der Waals surface area contributed by atoms with E-state index in [1.165, 1.54) is 6.08 Å². The summed E-state index contributed by atoms with van der Waals surface area (Å²) in [6.07, 6.45) is 8.41. The lowest BCUT2D eigenvalue weighted by Gasteiger charge is -2.20. The van der Waals surface area contributed by atoms with Gasteiger partial charge < -0.3 is 56.2 Å². The number of carbonyl (C=O) groups is 1. The number of aliphatic hydroxyl groups is 10. The molecule has 0 spiro atoms. The molecule has 11 N–H and O–H groups in total. The predicted octanol–water partition coefficient (Wildman–Crippen LogP) is -2.00. The molecule has 12 nitrogen and oxygen atoms in total. The summed E-state index contributed by atoms with van der Waals surface area (Å²) in [7, 11) is 0. The zero-order valence-electron chi connectivity index (χ0n) is 18.4. The van der Waals surface area contributed by atoms with Crippen LogP contribution in [0.5, 0.6) is 0 Å². The van der Waals surface area contributed by atoms with Crippen molar-refractivity contribution >= 4 is 5.97 Å². The second-order valence-electron chi connectivity index (χ2n) is 7.39. The maximum absolute atomic E-state index is 10.4. The van der Waals surface area contributed by atoms with E-state index in [-0.39, 0.29) is 12.8 Å². The van der Waals surface area contributed by atoms with Crippen LogP contribution in [-0.4, -0.2) is 91.1 Å². The Morgan fingerprint density at radius 2 is 0.794 bits per heavy atom. The zero-order valence-corrected chi connectivity index (χ0v) is 18.4. The smallest absolute Gasteiger partial charge is 0.303 e. The van der Waals surface area contributed by atoms with E-state index < -0.39 is 34.9 Å². The first-order chi connectivity index (χ1) is 15.3. The Bertz CT molecular complexity index is 827. The molecule has 34 heavy (non-hydrogen) atoms. The number of carboxylic acids is 1. The van der Waals surface area contributed by atoms with Gasteiger partial charge in [-0.2, -0.15) is 0 Å². The number of aliphatic carboxylic acids is 1. The van der Waals surface area contributed by atoms with Crippen LogP contribution in [0.4, 0.5) is 0 Å². The number of hydrogen-bond donors (Lipinski definition) is 11. The average molecular weight is 488 g/mol. The zero-order chi connectivity index (χ0) is 26.7. The molecule has 0 saturated heterocycles. The van der Waals surface area contributed by atoms with Gasteiger partial charge in [-0.3, -0.25) is 4.79 Å². The number of hydrogen-bond acceptors (Lipinski definition) is 11. The molecule has 0 atom stereocenters. The lowest BCUT2D eigenvalue weighted by molar-refractivity contribution is -0.137. The number of carboxylic acid groups (broad SMARTS) is 1. The third-order valence-electron chi connectivity index (χ3n) is 3.78. The molecule has 0 rings (SSSR count). The molecular formula is C22H32O12. The van der Waals surface area contributed by atoms with E-state index in [4.69, 9.17) is 5.11 Å². The first kappa shape index (κ1) is 31.5. The van der Waals surface area contributed by atoms with Gasteiger partial charge in [-0.15, -0.1) is 0 Å². The average Bonchev–Trinajstić information content (AvgIpc) is 2.71. The minimum absolute atomic E-state index is 0.0152. The van der Waals surface area contributed by atoms with Crippen molar-refractivity contribution in [2.24, 2.45) is 0 Å². The second kappa shape index (κ2) is 12.8. The highest BCUT2D eigenvalue weighted by Crippen LogP contribution is 2.16. The summed E-state index contributed by atoms with van der Waals surface area (Å²) < 4.78 is 0. The quantitative estimate of drug-likeness (QED) is 0.0940. The van der Waals surface area contributed by atoms with Crippen molar-refractivity contribution in [2.75, 3.05) is 0 Å². The van der Waals surface area contributed by atoms with Crippen LogP contribution in [0.3, 0.4) is 0 Å². The van der Waals surface area contributed by atoms with Crippen molar-refractivity contribution in [2.45, 2.75) is 55.1 Å². The Kier molecular flexibility index (Phi) is 11.9. The summed E-state index contributed by atoms with van der Waals surface area (Å²) >= 11 is 0. The summed E-state index contributed by atoms with van der Waals surface area (Å²) in [4.78, 5) is 10.4. The van der Waals surface area contributed by atoms with Crippen LogP contribution in [0.25, 0.3) is 0 Å². The molecule has 0 aliphatic rings. The SMILES string of the molecule is CC/C=C\C(O)(O)/C=C\C(O)(O)/C=C\C(O)(O)/C=C\C(O)(O)/C=C\C(O)(O)/C=C\CCC(=O)O. The first-order valence-corrected chi connectivity index (χ1v) is 9.93. The third-order valence-corrected chi connectivity index (χ3v) is 3.78. The van der Waals surface area contributed by atoms with Crippen LogP contribution >= 0.6 is 0 Å². The van der Waals surface area contributed by atoms with Crippen molar-refractivity contribution in [3.8, 4) is 0 Å². The van der Waals surface area contributed by atoms with E-state index in [2.05, 4.69) is 0 Å². The number of rotatable bonds is 14. The number of allylic oxidation sites excluding steroid dienone is 2. The lowest BCUT2D eigenvalue weighted by Crippen LogP contribution is -2.30. The summed E-state index contributed by atoms with van der Waals surface area (Å²) in [5, 5.41) is 106. The van der Waals surface area contributed by atoms with Crippen molar-refractivity contribution in [1.82, 2.24) is 0 Å². The fraction of sp³-hybridized carbons (Fsp3) is 0.409. The third kappa shape index (κ3) is 16.2. The Morgan fingerprint density at radius 3 is 1.06 bits per heavy atom. The van der Waals surface area contributed by atoms with E-state index in [1.54, 1.807) is 6.92 Å². The summed E-state index contributed by atoms with van der Waals surface area (Å²) in [6, 6.07) is 0. The maximum atomic E-state index is 10.4. The monoisotopic (exact) mass is 488 g/mol. The van der Waals surface area contributed by atoms with Gasteiger partial charge >= 0.3 is 5.97 Å². The molecule has 0 bridgehead atoms. The largest absolute Gasteiger partial charge is 0.481 e. The van der Waals surface area contributed by atoms with Crippen molar-refractivity contribution < 1.29 is 61.0 Å². The lowest BCUT2D eigenvalue weighted by atomic mass is 10.1. The van der Waals surface area contributed by atoms with Gasteiger partial charge in [0.05, 0.1) is 0 Å². The van der Waals surface area contributed by atoms with Crippen LogP contribution in [-0.2, 0) is 4.79 Å². The highest BCUT2D eigenvalue weighted by atomic mass is 16.5. The van der Waals surface area contributed by atoms with E-state index in [1.807, 2.05) is 0 Å². The molecule has 0 fully saturated rings. The van der Waals surface area contributed by atoms with E-state index in [0.717, 1.165) is 18.2 Å². The van der Waals surface area contributed by atoms with Crippen LogP contribution in [0.2, 0.25) is 0 Å². The Balaban J connectivity index is 5.26.